The van der Waals surface area contributed by atoms with Crippen molar-refractivity contribution >= 4 is 31.9 Å². The van der Waals surface area contributed by atoms with Gasteiger partial charge in [0.25, 0.3) is 0 Å². The van der Waals surface area contributed by atoms with Crippen LogP contribution in [0.5, 0.6) is 0 Å². The SMILES string of the molecule is CCNC(c1ccc(F)c(Br)c1)c1c(Br)cnn1C. The quantitative estimate of drug-likeness (QED) is 0.860. The third kappa shape index (κ3) is 3.07. The van der Waals surface area contributed by atoms with Crippen molar-refractivity contribution < 1.29 is 4.39 Å². The van der Waals surface area contributed by atoms with E-state index in [4.69, 9.17) is 0 Å². The van der Waals surface area contributed by atoms with E-state index >= 15 is 0 Å². The van der Waals surface area contributed by atoms with Crippen LogP contribution in [0.2, 0.25) is 0 Å². The molecule has 1 aromatic carbocycles. The maximum atomic E-state index is 13.4. The summed E-state index contributed by atoms with van der Waals surface area (Å²) in [6, 6.07) is 5.01. The normalized spacial score (nSPS) is 12.7. The lowest BCUT2D eigenvalue weighted by molar-refractivity contribution is 0.567. The fourth-order valence-corrected chi connectivity index (χ4v) is 2.99. The smallest absolute Gasteiger partial charge is 0.137 e. The van der Waals surface area contributed by atoms with Gasteiger partial charge in [-0.2, -0.15) is 5.10 Å². The zero-order chi connectivity index (χ0) is 14.0. The predicted octanol–water partition coefficient (Wildman–Crippen LogP) is 3.78. The Kier molecular flexibility index (Phi) is 4.76. The van der Waals surface area contributed by atoms with Crippen molar-refractivity contribution in [3.63, 3.8) is 0 Å². The second kappa shape index (κ2) is 6.15. The van der Waals surface area contributed by atoms with Gasteiger partial charge in [0.2, 0.25) is 0 Å². The van der Waals surface area contributed by atoms with Gasteiger partial charge >= 0.3 is 0 Å². The molecule has 0 bridgehead atoms. The van der Waals surface area contributed by atoms with Crippen molar-refractivity contribution in [3.05, 3.63) is 50.4 Å². The van der Waals surface area contributed by atoms with Gasteiger partial charge in [-0.3, -0.25) is 4.68 Å². The monoisotopic (exact) mass is 389 g/mol. The summed E-state index contributed by atoms with van der Waals surface area (Å²) < 4.78 is 16.6. The highest BCUT2D eigenvalue weighted by Crippen LogP contribution is 2.30. The van der Waals surface area contributed by atoms with Crippen LogP contribution in [0.3, 0.4) is 0 Å². The first-order chi connectivity index (χ1) is 9.04. The first-order valence-corrected chi connectivity index (χ1v) is 7.49. The third-order valence-electron chi connectivity index (χ3n) is 2.90. The van der Waals surface area contributed by atoms with Gasteiger partial charge in [-0.05, 0) is 56.1 Å². The Morgan fingerprint density at radius 2 is 2.11 bits per heavy atom. The van der Waals surface area contributed by atoms with Crippen LogP contribution in [0, 0.1) is 5.82 Å². The van der Waals surface area contributed by atoms with E-state index in [2.05, 4.69) is 42.3 Å². The first kappa shape index (κ1) is 14.7. The van der Waals surface area contributed by atoms with Crippen LogP contribution in [-0.4, -0.2) is 16.3 Å². The molecular weight excluding hydrogens is 377 g/mol. The van der Waals surface area contributed by atoms with Crippen molar-refractivity contribution in [2.24, 2.45) is 7.05 Å². The molecule has 1 atom stereocenters. The van der Waals surface area contributed by atoms with Gasteiger partial charge in [0.05, 0.1) is 26.9 Å². The average molecular weight is 391 g/mol. The molecule has 3 nitrogen and oxygen atoms in total. The molecule has 2 rings (SSSR count). The van der Waals surface area contributed by atoms with Crippen molar-refractivity contribution in [3.8, 4) is 0 Å². The Balaban J connectivity index is 2.48. The number of nitrogens with zero attached hydrogens (tertiary/aromatic N) is 2. The van der Waals surface area contributed by atoms with Crippen molar-refractivity contribution in [2.75, 3.05) is 6.54 Å². The van der Waals surface area contributed by atoms with E-state index in [1.807, 2.05) is 18.7 Å². The Hall–Kier alpha value is -0.720. The summed E-state index contributed by atoms with van der Waals surface area (Å²) in [4.78, 5) is 0. The van der Waals surface area contributed by atoms with Crippen molar-refractivity contribution in [1.82, 2.24) is 15.1 Å². The number of nitrogens with one attached hydrogen (secondary N) is 1. The maximum absolute atomic E-state index is 13.4. The van der Waals surface area contributed by atoms with Gasteiger partial charge < -0.3 is 5.32 Å². The predicted molar refractivity (Wildman–Crippen MR) is 80.5 cm³/mol. The van der Waals surface area contributed by atoms with Crippen LogP contribution in [0.1, 0.15) is 24.2 Å². The molecule has 0 amide bonds. The van der Waals surface area contributed by atoms with Crippen LogP contribution in [0.25, 0.3) is 0 Å². The van der Waals surface area contributed by atoms with Gasteiger partial charge in [0.1, 0.15) is 5.82 Å². The summed E-state index contributed by atoms with van der Waals surface area (Å²) in [5.41, 5.74) is 2.00. The van der Waals surface area contributed by atoms with Crippen LogP contribution >= 0.6 is 31.9 Å². The Morgan fingerprint density at radius 1 is 1.37 bits per heavy atom. The Labute approximate surface area is 128 Å². The lowest BCUT2D eigenvalue weighted by atomic mass is 10.0. The fourth-order valence-electron chi connectivity index (χ4n) is 2.01. The molecule has 0 aliphatic carbocycles. The number of aromatic nitrogens is 2. The molecule has 102 valence electrons. The minimum absolute atomic E-state index is 0.0382. The van der Waals surface area contributed by atoms with E-state index in [0.717, 1.165) is 22.3 Å². The highest BCUT2D eigenvalue weighted by Gasteiger charge is 2.20. The van der Waals surface area contributed by atoms with Crippen LogP contribution in [0.15, 0.2) is 33.3 Å². The molecular formula is C13H14Br2FN3. The molecule has 0 aliphatic rings. The molecule has 0 spiro atoms. The zero-order valence-corrected chi connectivity index (χ0v) is 13.8. The molecule has 0 saturated carbocycles. The van der Waals surface area contributed by atoms with Crippen molar-refractivity contribution in [1.29, 1.82) is 0 Å². The standard InChI is InChI=1S/C13H14Br2FN3/c1-3-17-12(13-10(15)7-18-19(13)2)8-4-5-11(16)9(14)6-8/h4-7,12,17H,3H2,1-2H3. The number of hydrogen-bond donors (Lipinski definition) is 1. The summed E-state index contributed by atoms with van der Waals surface area (Å²) in [7, 11) is 1.89. The lowest BCUT2D eigenvalue weighted by Gasteiger charge is -2.20. The molecule has 6 heteroatoms. The summed E-state index contributed by atoms with van der Waals surface area (Å²) in [5.74, 6) is -0.261. The maximum Gasteiger partial charge on any atom is 0.137 e. The molecule has 1 heterocycles. The minimum Gasteiger partial charge on any atom is -0.305 e. The van der Waals surface area contributed by atoms with Crippen LogP contribution < -0.4 is 5.32 Å². The highest BCUT2D eigenvalue weighted by molar-refractivity contribution is 9.10. The van der Waals surface area contributed by atoms with Gasteiger partial charge in [-0.1, -0.05) is 13.0 Å². The average Bonchev–Trinajstić information content (AvgIpc) is 2.70. The summed E-state index contributed by atoms with van der Waals surface area (Å²) in [6.45, 7) is 2.84. The number of halogens is 3. The van der Waals surface area contributed by atoms with Gasteiger partial charge in [0.15, 0.2) is 0 Å². The summed E-state index contributed by atoms with van der Waals surface area (Å²) in [5, 5.41) is 7.62. The molecule has 0 radical (unpaired) electrons. The minimum atomic E-state index is -0.261. The van der Waals surface area contributed by atoms with Crippen LogP contribution in [-0.2, 0) is 7.05 Å². The highest BCUT2D eigenvalue weighted by atomic mass is 79.9. The van der Waals surface area contributed by atoms with E-state index in [1.54, 1.807) is 18.3 Å². The van der Waals surface area contributed by atoms with E-state index < -0.39 is 0 Å². The zero-order valence-electron chi connectivity index (χ0n) is 10.6. The molecule has 1 N–H and O–H groups in total. The van der Waals surface area contributed by atoms with Crippen molar-refractivity contribution in [2.45, 2.75) is 13.0 Å². The number of aryl methyl sites for hydroxylation is 1. The number of rotatable bonds is 4. The Bertz CT molecular complexity index is 564. The molecule has 19 heavy (non-hydrogen) atoms. The number of hydrogen-bond acceptors (Lipinski definition) is 2. The van der Waals surface area contributed by atoms with Gasteiger partial charge in [-0.25, -0.2) is 4.39 Å². The van der Waals surface area contributed by atoms with Gasteiger partial charge in [-0.15, -0.1) is 0 Å². The van der Waals surface area contributed by atoms with Crippen LogP contribution in [0.4, 0.5) is 4.39 Å². The molecule has 2 aromatic rings. The van der Waals surface area contributed by atoms with Gasteiger partial charge in [0, 0.05) is 7.05 Å². The topological polar surface area (TPSA) is 29.9 Å². The fraction of sp³-hybridized carbons (Fsp3) is 0.308. The third-order valence-corrected chi connectivity index (χ3v) is 4.11. The lowest BCUT2D eigenvalue weighted by Crippen LogP contribution is -2.24. The Morgan fingerprint density at radius 3 is 2.63 bits per heavy atom. The van der Waals surface area contributed by atoms with E-state index in [1.165, 1.54) is 6.07 Å². The molecule has 1 unspecified atom stereocenters. The number of benzene rings is 1. The van der Waals surface area contributed by atoms with E-state index in [0.29, 0.717) is 4.47 Å². The first-order valence-electron chi connectivity index (χ1n) is 5.90. The van der Waals surface area contributed by atoms with E-state index in [9.17, 15) is 4.39 Å². The second-order valence-corrected chi connectivity index (χ2v) is 5.87. The molecule has 0 saturated heterocycles. The summed E-state index contributed by atoms with van der Waals surface area (Å²) >= 11 is 6.74. The largest absolute Gasteiger partial charge is 0.305 e. The molecule has 0 fully saturated rings. The molecule has 1 aromatic heterocycles. The second-order valence-electron chi connectivity index (χ2n) is 4.17. The summed E-state index contributed by atoms with van der Waals surface area (Å²) in [6.07, 6.45) is 1.76. The molecule has 0 aliphatic heterocycles. The van der Waals surface area contributed by atoms with E-state index in [-0.39, 0.29) is 11.9 Å².